The Morgan fingerprint density at radius 3 is 1.95 bits per heavy atom. The van der Waals surface area contributed by atoms with Gasteiger partial charge < -0.3 is 33.2 Å². The molecule has 37 heavy (non-hydrogen) atoms. The molecule has 0 bridgehead atoms. The van der Waals surface area contributed by atoms with Gasteiger partial charge in [-0.2, -0.15) is 0 Å². The van der Waals surface area contributed by atoms with Gasteiger partial charge in [0.15, 0.2) is 0 Å². The van der Waals surface area contributed by atoms with Crippen molar-refractivity contribution in [3.05, 3.63) is 105 Å². The Bertz CT molecular complexity index is 879. The van der Waals surface area contributed by atoms with Gasteiger partial charge in [-0.15, -0.1) is 0 Å². The summed E-state index contributed by atoms with van der Waals surface area (Å²) >= 11 is 0. The third kappa shape index (κ3) is 13.0. The minimum Gasteiger partial charge on any atom is -0.432 e. The zero-order valence-electron chi connectivity index (χ0n) is 21.7. The summed E-state index contributed by atoms with van der Waals surface area (Å²) in [6.07, 6.45) is 13.9. The minimum absolute atomic E-state index is 0.254. The molecule has 0 saturated carbocycles. The highest BCUT2D eigenvalue weighted by atomic mass is 16.9. The molecule has 0 unspecified atom stereocenters. The summed E-state index contributed by atoms with van der Waals surface area (Å²) in [4.78, 5) is 12.8. The molecule has 8 nitrogen and oxygen atoms in total. The number of hydrogen-bond acceptors (Lipinski definition) is 8. The van der Waals surface area contributed by atoms with Crippen molar-refractivity contribution >= 4 is 5.97 Å². The lowest BCUT2D eigenvalue weighted by Crippen LogP contribution is -2.24. The van der Waals surface area contributed by atoms with Gasteiger partial charge in [-0.1, -0.05) is 83.9 Å². The molecule has 0 spiro atoms. The lowest BCUT2D eigenvalue weighted by Gasteiger charge is -2.18. The van der Waals surface area contributed by atoms with E-state index >= 15 is 0 Å². The third-order valence-corrected chi connectivity index (χ3v) is 4.81. The van der Waals surface area contributed by atoms with Gasteiger partial charge >= 0.3 is 18.4 Å². The van der Waals surface area contributed by atoms with E-state index < -0.39 is 24.1 Å². The van der Waals surface area contributed by atoms with Crippen LogP contribution in [0.3, 0.4) is 0 Å². The van der Waals surface area contributed by atoms with E-state index in [9.17, 15) is 4.79 Å². The normalized spacial score (nSPS) is 9.89. The molecule has 0 heterocycles. The van der Waals surface area contributed by atoms with Crippen molar-refractivity contribution in [2.45, 2.75) is 64.8 Å². The fraction of sp³-hybridized carbons (Fsp3) is 0.345. The molecule has 0 atom stereocenters. The Morgan fingerprint density at radius 2 is 1.41 bits per heavy atom. The van der Waals surface area contributed by atoms with Crippen LogP contribution in [0.4, 0.5) is 0 Å². The lowest BCUT2D eigenvalue weighted by atomic mass is 10.0. The number of hydrogen-bond donors (Lipinski definition) is 0. The zero-order chi connectivity index (χ0) is 27.3. The topological polar surface area (TPSA) is 81.7 Å². The van der Waals surface area contributed by atoms with Crippen molar-refractivity contribution in [3.8, 4) is 5.75 Å². The Balaban J connectivity index is 2.80. The Morgan fingerprint density at radius 1 is 0.838 bits per heavy atom. The molecule has 202 valence electrons. The van der Waals surface area contributed by atoms with E-state index in [0.717, 1.165) is 37.9 Å². The molecule has 0 fully saturated rings. The first-order valence-electron chi connectivity index (χ1n) is 12.2. The molecule has 8 heteroatoms. The fourth-order valence-corrected chi connectivity index (χ4v) is 3.12. The molecule has 1 rings (SSSR count). The van der Waals surface area contributed by atoms with Gasteiger partial charge in [0.25, 0.3) is 11.7 Å². The van der Waals surface area contributed by atoms with E-state index in [2.05, 4.69) is 39.8 Å². The summed E-state index contributed by atoms with van der Waals surface area (Å²) in [5.74, 6) is -1.89. The van der Waals surface area contributed by atoms with Crippen LogP contribution in [0, 0.1) is 0 Å². The van der Waals surface area contributed by atoms with E-state index in [1.54, 1.807) is 12.1 Å². The van der Waals surface area contributed by atoms with Gasteiger partial charge in [0.1, 0.15) is 5.75 Å². The Kier molecular flexibility index (Phi) is 16.0. The number of esters is 1. The number of ether oxygens (including phenoxy) is 7. The maximum Gasteiger partial charge on any atom is 0.407 e. The van der Waals surface area contributed by atoms with Crippen LogP contribution in [0.25, 0.3) is 0 Å². The summed E-state index contributed by atoms with van der Waals surface area (Å²) in [5, 5.41) is 0. The van der Waals surface area contributed by atoms with Crippen LogP contribution in [0.5, 0.6) is 5.75 Å². The first-order chi connectivity index (χ1) is 18.0. The molecule has 1 aromatic carbocycles. The van der Waals surface area contributed by atoms with Crippen molar-refractivity contribution < 1.29 is 38.0 Å². The molecule has 0 aliphatic carbocycles. The Labute approximate surface area is 220 Å². The SMILES string of the molecule is C=COC(OC=C)=C(OC(=C)Oc1ccc(CCCCCCCCC)cc1)C(=O)OC(OC=C)OC=C. The molecule has 0 aliphatic heterocycles. The quantitative estimate of drug-likeness (QED) is 0.0518. The molecule has 0 aromatic heterocycles. The van der Waals surface area contributed by atoms with Crippen molar-refractivity contribution in [1.82, 2.24) is 0 Å². The highest BCUT2D eigenvalue weighted by molar-refractivity contribution is 5.86. The summed E-state index contributed by atoms with van der Waals surface area (Å²) in [7, 11) is 0. The molecular weight excluding hydrogens is 476 g/mol. The van der Waals surface area contributed by atoms with Crippen LogP contribution >= 0.6 is 0 Å². The Hall–Kier alpha value is -4.07. The van der Waals surface area contributed by atoms with Crippen molar-refractivity contribution in [2.24, 2.45) is 0 Å². The summed E-state index contributed by atoms with van der Waals surface area (Å²) in [6.45, 7) is 18.1. The fourth-order valence-electron chi connectivity index (χ4n) is 3.12. The summed E-state index contributed by atoms with van der Waals surface area (Å²) in [6, 6.07) is 7.53. The second kappa shape index (κ2) is 19.2. The van der Waals surface area contributed by atoms with E-state index in [1.807, 2.05) is 12.1 Å². The van der Waals surface area contributed by atoms with Gasteiger partial charge in [-0.25, -0.2) is 4.79 Å². The first kappa shape index (κ1) is 31.0. The van der Waals surface area contributed by atoms with E-state index in [0.29, 0.717) is 5.75 Å². The molecule has 0 aliphatic rings. The smallest absolute Gasteiger partial charge is 0.407 e. The molecule has 1 aromatic rings. The maximum atomic E-state index is 12.8. The second-order valence-corrected chi connectivity index (χ2v) is 7.58. The van der Waals surface area contributed by atoms with Crippen molar-refractivity contribution in [3.63, 3.8) is 0 Å². The van der Waals surface area contributed by atoms with Gasteiger partial charge in [0.05, 0.1) is 25.0 Å². The molecule has 0 N–H and O–H groups in total. The number of rotatable bonds is 22. The van der Waals surface area contributed by atoms with E-state index in [4.69, 9.17) is 33.2 Å². The predicted molar refractivity (Wildman–Crippen MR) is 141 cm³/mol. The van der Waals surface area contributed by atoms with Crippen LogP contribution in [0.15, 0.2) is 99.9 Å². The average Bonchev–Trinajstić information content (AvgIpc) is 2.88. The van der Waals surface area contributed by atoms with E-state index in [1.165, 1.54) is 44.1 Å². The van der Waals surface area contributed by atoms with E-state index in [-0.39, 0.29) is 5.95 Å². The lowest BCUT2D eigenvalue weighted by molar-refractivity contribution is -0.234. The summed E-state index contributed by atoms with van der Waals surface area (Å²) in [5.41, 5.74) is 1.20. The number of aryl methyl sites for hydroxylation is 1. The highest BCUT2D eigenvalue weighted by Gasteiger charge is 2.28. The number of carbonyl (C=O) groups excluding carboxylic acids is 1. The van der Waals surface area contributed by atoms with Gasteiger partial charge in [0.2, 0.25) is 0 Å². The molecule has 0 radical (unpaired) electrons. The second-order valence-electron chi connectivity index (χ2n) is 7.58. The van der Waals surface area contributed by atoms with Crippen LogP contribution in [0.1, 0.15) is 57.4 Å². The number of benzene rings is 1. The van der Waals surface area contributed by atoms with Gasteiger partial charge in [-0.3, -0.25) is 0 Å². The monoisotopic (exact) mass is 514 g/mol. The van der Waals surface area contributed by atoms with Crippen molar-refractivity contribution in [2.75, 3.05) is 0 Å². The number of carbonyl (C=O) groups is 1. The molecule has 0 saturated heterocycles. The number of unbranched alkanes of at least 4 members (excludes halogenated alkanes) is 6. The van der Waals surface area contributed by atoms with Crippen LogP contribution < -0.4 is 4.74 Å². The van der Waals surface area contributed by atoms with Gasteiger partial charge in [-0.05, 0) is 37.1 Å². The average molecular weight is 515 g/mol. The molecule has 0 amide bonds. The van der Waals surface area contributed by atoms with Crippen LogP contribution in [-0.2, 0) is 39.6 Å². The highest BCUT2D eigenvalue weighted by Crippen LogP contribution is 2.22. The maximum absolute atomic E-state index is 12.8. The largest absolute Gasteiger partial charge is 0.432 e. The van der Waals surface area contributed by atoms with Crippen LogP contribution in [0.2, 0.25) is 0 Å². The van der Waals surface area contributed by atoms with Gasteiger partial charge in [0, 0.05) is 0 Å². The predicted octanol–water partition coefficient (Wildman–Crippen LogP) is 7.48. The minimum atomic E-state index is -1.49. The first-order valence-corrected chi connectivity index (χ1v) is 12.2. The standard InChI is InChI=1S/C29H38O8/c1-7-12-13-14-15-16-17-18-24-19-21-25(22-20-24)35-23(6)36-26(28(31-8-2)32-9-3)27(30)37-29(33-10-4)34-11-5/h8-11,19-22,29H,2-7,12-18H2,1H3. The van der Waals surface area contributed by atoms with Crippen molar-refractivity contribution in [1.29, 1.82) is 0 Å². The molecular formula is C29H38O8. The zero-order valence-corrected chi connectivity index (χ0v) is 21.7. The third-order valence-electron chi connectivity index (χ3n) is 4.81. The summed E-state index contributed by atoms with van der Waals surface area (Å²) < 4.78 is 36.3. The van der Waals surface area contributed by atoms with Crippen LogP contribution in [-0.4, -0.2) is 12.4 Å².